The van der Waals surface area contributed by atoms with Crippen LogP contribution in [0.15, 0.2) is 59.5 Å². The summed E-state index contributed by atoms with van der Waals surface area (Å²) in [6.07, 6.45) is 0.814. The predicted molar refractivity (Wildman–Crippen MR) is 129 cm³/mol. The highest BCUT2D eigenvalue weighted by molar-refractivity contribution is 7.96. The maximum atomic E-state index is 13.4. The quantitative estimate of drug-likeness (QED) is 0.565. The summed E-state index contributed by atoms with van der Waals surface area (Å²) < 4.78 is 51.7. The highest BCUT2D eigenvalue weighted by Gasteiger charge is 2.45. The molecule has 3 rings (SSSR count). The Morgan fingerprint density at radius 2 is 1.59 bits per heavy atom. The average molecular weight is 479 g/mol. The molecule has 1 N–H and O–H groups in total. The Morgan fingerprint density at radius 1 is 0.969 bits per heavy atom. The van der Waals surface area contributed by atoms with Gasteiger partial charge in [0.2, 0.25) is 0 Å². The summed E-state index contributed by atoms with van der Waals surface area (Å²) in [6, 6.07) is 16.2. The maximum Gasteiger partial charge on any atom is 0.183 e. The van der Waals surface area contributed by atoms with E-state index in [4.69, 9.17) is 0 Å². The summed E-state index contributed by atoms with van der Waals surface area (Å²) in [5.41, 5.74) is 2.17. The van der Waals surface area contributed by atoms with E-state index >= 15 is 0 Å². The van der Waals surface area contributed by atoms with Crippen molar-refractivity contribution in [2.45, 2.75) is 49.4 Å². The maximum absolute atomic E-state index is 13.4. The van der Waals surface area contributed by atoms with Crippen LogP contribution in [0.3, 0.4) is 0 Å². The van der Waals surface area contributed by atoms with Crippen LogP contribution in [0.25, 0.3) is 0 Å². The van der Waals surface area contributed by atoms with E-state index < -0.39 is 31.0 Å². The largest absolute Gasteiger partial charge is 0.310 e. The van der Waals surface area contributed by atoms with Crippen LogP contribution in [-0.2, 0) is 26.1 Å². The lowest BCUT2D eigenvalue weighted by Crippen LogP contribution is -2.47. The lowest BCUT2D eigenvalue weighted by atomic mass is 10.0. The van der Waals surface area contributed by atoms with Crippen LogP contribution in [0.1, 0.15) is 37.9 Å². The van der Waals surface area contributed by atoms with Crippen LogP contribution >= 0.6 is 0 Å². The van der Waals surface area contributed by atoms with E-state index in [-0.39, 0.29) is 22.4 Å². The predicted octanol–water partition coefficient (Wildman–Crippen LogP) is 2.86. The second-order valence-electron chi connectivity index (χ2n) is 8.32. The monoisotopic (exact) mass is 478 g/mol. The highest BCUT2D eigenvalue weighted by atomic mass is 32.2. The summed E-state index contributed by atoms with van der Waals surface area (Å²) in [5.74, 6) is -0.506. The number of aryl methyl sites for hydroxylation is 1. The van der Waals surface area contributed by atoms with Gasteiger partial charge in [-0.1, -0.05) is 63.2 Å². The Labute approximate surface area is 192 Å². The Balaban J connectivity index is 1.85. The van der Waals surface area contributed by atoms with Gasteiger partial charge in [-0.05, 0) is 42.8 Å². The van der Waals surface area contributed by atoms with Gasteiger partial charge < -0.3 is 5.32 Å². The zero-order valence-electron chi connectivity index (χ0n) is 19.1. The molecule has 1 aliphatic heterocycles. The number of sulfone groups is 2. The zero-order chi connectivity index (χ0) is 23.4. The van der Waals surface area contributed by atoms with Gasteiger partial charge in [-0.2, -0.15) is 0 Å². The van der Waals surface area contributed by atoms with E-state index in [2.05, 4.69) is 36.2 Å². The van der Waals surface area contributed by atoms with Gasteiger partial charge in [0.15, 0.2) is 19.7 Å². The molecule has 0 bridgehead atoms. The molecule has 3 atom stereocenters. The average Bonchev–Trinajstić information content (AvgIpc) is 3.12. The van der Waals surface area contributed by atoms with Crippen molar-refractivity contribution in [1.29, 1.82) is 0 Å². The van der Waals surface area contributed by atoms with E-state index in [1.807, 2.05) is 25.1 Å². The Kier molecular flexibility index (Phi) is 8.14. The molecule has 1 aliphatic rings. The molecule has 2 aromatic rings. The number of benzene rings is 2. The third-order valence-electron chi connectivity index (χ3n) is 6.37. The molecular formula is C24H34N2O4S2. The number of nitrogens with zero attached hydrogens (tertiary/aromatic N) is 1. The fourth-order valence-corrected chi connectivity index (χ4v) is 9.18. The first-order valence-electron chi connectivity index (χ1n) is 11.3. The fourth-order valence-electron chi connectivity index (χ4n) is 4.46. The second kappa shape index (κ2) is 10.5. The molecule has 0 saturated carbocycles. The molecule has 0 radical (unpaired) electrons. The van der Waals surface area contributed by atoms with Crippen LogP contribution in [0.5, 0.6) is 0 Å². The summed E-state index contributed by atoms with van der Waals surface area (Å²) >= 11 is 0. The zero-order valence-corrected chi connectivity index (χ0v) is 20.7. The van der Waals surface area contributed by atoms with E-state index in [9.17, 15) is 16.8 Å². The second-order valence-corrected chi connectivity index (χ2v) is 12.6. The lowest BCUT2D eigenvalue weighted by molar-refractivity contribution is 0.209. The standard InChI is InChI=1S/C24H34N2O4S2/c1-4-19-12-14-21(15-13-19)32(29,30)24-18-31(27,28)17-22(24)25-16-23(26(5-2)6-3)20-10-8-7-9-11-20/h7-15,22-25H,4-6,16-18H2,1-3H3/t22-,23?,24-/m0/s1. The van der Waals surface area contributed by atoms with Gasteiger partial charge in [0, 0.05) is 18.6 Å². The third kappa shape index (κ3) is 5.60. The van der Waals surface area contributed by atoms with Crippen molar-refractivity contribution in [2.24, 2.45) is 0 Å². The Morgan fingerprint density at radius 3 is 2.16 bits per heavy atom. The number of rotatable bonds is 10. The van der Waals surface area contributed by atoms with Crippen molar-refractivity contribution < 1.29 is 16.8 Å². The SMILES string of the molecule is CCc1ccc(S(=O)(=O)[C@H]2CS(=O)(=O)C[C@@H]2NCC(c2ccccc2)N(CC)CC)cc1. The number of hydrogen-bond donors (Lipinski definition) is 1. The summed E-state index contributed by atoms with van der Waals surface area (Å²) in [4.78, 5) is 2.48. The van der Waals surface area contributed by atoms with E-state index in [1.165, 1.54) is 0 Å². The first-order chi connectivity index (χ1) is 15.2. The fraction of sp³-hybridized carbons (Fsp3) is 0.500. The number of likely N-dealkylation sites (N-methyl/N-ethyl adjacent to an activating group) is 1. The van der Waals surface area contributed by atoms with Crippen LogP contribution in [-0.4, -0.2) is 64.2 Å². The van der Waals surface area contributed by atoms with Crippen molar-refractivity contribution in [3.63, 3.8) is 0 Å². The molecule has 0 spiro atoms. The third-order valence-corrected chi connectivity index (χ3v) is 10.5. The van der Waals surface area contributed by atoms with Gasteiger partial charge in [0.25, 0.3) is 0 Å². The van der Waals surface area contributed by atoms with Crippen LogP contribution in [0.2, 0.25) is 0 Å². The highest BCUT2D eigenvalue weighted by Crippen LogP contribution is 2.27. The summed E-state index contributed by atoms with van der Waals surface area (Å²) in [7, 11) is -7.23. The summed E-state index contributed by atoms with van der Waals surface area (Å²) in [6.45, 7) is 8.34. The molecule has 1 unspecified atom stereocenters. The summed E-state index contributed by atoms with van der Waals surface area (Å²) in [5, 5.41) is 2.34. The van der Waals surface area contributed by atoms with Crippen LogP contribution in [0.4, 0.5) is 0 Å². The van der Waals surface area contributed by atoms with Crippen molar-refractivity contribution in [3.8, 4) is 0 Å². The minimum atomic E-state index is -3.78. The van der Waals surface area contributed by atoms with Gasteiger partial charge in [-0.15, -0.1) is 0 Å². The molecule has 1 heterocycles. The minimum Gasteiger partial charge on any atom is -0.310 e. The van der Waals surface area contributed by atoms with Crippen molar-refractivity contribution >= 4 is 19.7 Å². The van der Waals surface area contributed by atoms with Gasteiger partial charge in [0.1, 0.15) is 0 Å². The molecule has 2 aromatic carbocycles. The van der Waals surface area contributed by atoms with E-state index in [0.29, 0.717) is 6.54 Å². The number of nitrogens with one attached hydrogen (secondary N) is 1. The minimum absolute atomic E-state index is 0.0293. The molecule has 32 heavy (non-hydrogen) atoms. The van der Waals surface area contributed by atoms with Gasteiger partial charge in [-0.25, -0.2) is 16.8 Å². The van der Waals surface area contributed by atoms with Crippen LogP contribution in [0, 0.1) is 0 Å². The van der Waals surface area contributed by atoms with Crippen molar-refractivity contribution in [3.05, 3.63) is 65.7 Å². The molecule has 8 heteroatoms. The van der Waals surface area contributed by atoms with Gasteiger partial charge in [0.05, 0.1) is 21.7 Å². The molecule has 1 saturated heterocycles. The lowest BCUT2D eigenvalue weighted by Gasteiger charge is -2.32. The molecule has 176 valence electrons. The Bertz CT molecular complexity index is 1080. The van der Waals surface area contributed by atoms with Gasteiger partial charge >= 0.3 is 0 Å². The topological polar surface area (TPSA) is 83.5 Å². The molecule has 0 aliphatic carbocycles. The smallest absolute Gasteiger partial charge is 0.183 e. The molecule has 6 nitrogen and oxygen atoms in total. The first kappa shape index (κ1) is 24.9. The van der Waals surface area contributed by atoms with E-state index in [0.717, 1.165) is 30.6 Å². The molecular weight excluding hydrogens is 444 g/mol. The normalized spacial score (nSPS) is 21.6. The van der Waals surface area contributed by atoms with Crippen LogP contribution < -0.4 is 5.32 Å². The van der Waals surface area contributed by atoms with Crippen molar-refractivity contribution in [2.75, 3.05) is 31.1 Å². The van der Waals surface area contributed by atoms with Gasteiger partial charge in [-0.3, -0.25) is 4.90 Å². The number of hydrogen-bond acceptors (Lipinski definition) is 6. The van der Waals surface area contributed by atoms with E-state index in [1.54, 1.807) is 24.3 Å². The molecule has 1 fully saturated rings. The first-order valence-corrected chi connectivity index (χ1v) is 14.6. The van der Waals surface area contributed by atoms with Crippen molar-refractivity contribution in [1.82, 2.24) is 10.2 Å². The Hall–Kier alpha value is -1.74. The molecule has 0 amide bonds. The molecule has 0 aromatic heterocycles.